The van der Waals surface area contributed by atoms with E-state index >= 15 is 0 Å². The molecule has 0 bridgehead atoms. The van der Waals surface area contributed by atoms with Gasteiger partial charge in [0.2, 0.25) is 0 Å². The molecule has 80 valence electrons. The van der Waals surface area contributed by atoms with Crippen LogP contribution in [-0.2, 0) is 19.7 Å². The van der Waals surface area contributed by atoms with Crippen LogP contribution in [-0.4, -0.2) is 53.9 Å². The van der Waals surface area contributed by atoms with Gasteiger partial charge >= 0.3 is 0 Å². The molecule has 13 heavy (non-hydrogen) atoms. The van der Waals surface area contributed by atoms with Gasteiger partial charge in [-0.2, -0.15) is 17.4 Å². The molecule has 0 saturated carbocycles. The van der Waals surface area contributed by atoms with E-state index in [9.17, 15) is 8.42 Å². The van der Waals surface area contributed by atoms with Gasteiger partial charge in [0, 0.05) is 28.3 Å². The van der Waals surface area contributed by atoms with Gasteiger partial charge in [0.1, 0.15) is 0 Å². The van der Waals surface area contributed by atoms with Gasteiger partial charge < -0.3 is 9.47 Å². The molecule has 0 aromatic heterocycles. The molecule has 0 aliphatic heterocycles. The zero-order valence-electron chi connectivity index (χ0n) is 8.27. The average molecular weight is 212 g/mol. The lowest BCUT2D eigenvalue weighted by Gasteiger charge is -2.16. The molecule has 0 rings (SSSR count). The van der Waals surface area contributed by atoms with Crippen molar-refractivity contribution >= 4 is 10.2 Å². The third kappa shape index (κ3) is 4.53. The fourth-order valence-electron chi connectivity index (χ4n) is 0.565. The molecule has 0 radical (unpaired) electrons. The molecule has 0 aromatic carbocycles. The third-order valence-electron chi connectivity index (χ3n) is 1.44. The minimum absolute atomic E-state index is 0.0908. The summed E-state index contributed by atoms with van der Waals surface area (Å²) in [6.07, 6.45) is -0.560. The molecule has 0 saturated heterocycles. The maximum absolute atomic E-state index is 11.2. The van der Waals surface area contributed by atoms with Crippen LogP contribution in [0.4, 0.5) is 0 Å². The van der Waals surface area contributed by atoms with E-state index in [0.29, 0.717) is 0 Å². The van der Waals surface area contributed by atoms with Crippen LogP contribution in [0.15, 0.2) is 0 Å². The number of rotatable bonds is 6. The lowest BCUT2D eigenvalue weighted by atomic mass is 10.6. The van der Waals surface area contributed by atoms with E-state index in [1.54, 1.807) is 0 Å². The Kier molecular flexibility index (Phi) is 5.42. The van der Waals surface area contributed by atoms with E-state index in [2.05, 4.69) is 4.72 Å². The highest BCUT2D eigenvalue weighted by atomic mass is 32.2. The Labute approximate surface area is 79.0 Å². The monoisotopic (exact) mass is 212 g/mol. The Bertz CT molecular complexity index is 223. The van der Waals surface area contributed by atoms with Crippen LogP contribution in [0, 0.1) is 0 Å². The molecule has 7 heteroatoms. The van der Waals surface area contributed by atoms with Crippen LogP contribution in [0.3, 0.4) is 0 Å². The molecule has 0 amide bonds. The molecule has 0 unspecified atom stereocenters. The summed E-state index contributed by atoms with van der Waals surface area (Å²) in [6, 6.07) is 0. The van der Waals surface area contributed by atoms with E-state index < -0.39 is 16.5 Å². The molecular formula is C6H16N2O4S. The summed E-state index contributed by atoms with van der Waals surface area (Å²) in [6.45, 7) is 0.0908. The minimum Gasteiger partial charge on any atom is -0.355 e. The summed E-state index contributed by atoms with van der Waals surface area (Å²) in [5.74, 6) is 0. The molecule has 0 aromatic rings. The lowest BCUT2D eigenvalue weighted by Crippen LogP contribution is -2.40. The highest BCUT2D eigenvalue weighted by Crippen LogP contribution is 1.92. The van der Waals surface area contributed by atoms with Crippen molar-refractivity contribution in [2.24, 2.45) is 0 Å². The maximum Gasteiger partial charge on any atom is 0.279 e. The van der Waals surface area contributed by atoms with Crippen molar-refractivity contribution in [1.82, 2.24) is 9.03 Å². The van der Waals surface area contributed by atoms with Gasteiger partial charge in [0.05, 0.1) is 6.54 Å². The first-order chi connectivity index (χ1) is 5.94. The molecule has 0 fully saturated rings. The van der Waals surface area contributed by atoms with Crippen molar-refractivity contribution in [2.75, 3.05) is 34.9 Å². The Hall–Kier alpha value is -0.210. The lowest BCUT2D eigenvalue weighted by molar-refractivity contribution is -0.0961. The number of hydrogen-bond acceptors (Lipinski definition) is 4. The summed E-state index contributed by atoms with van der Waals surface area (Å²) >= 11 is 0. The van der Waals surface area contributed by atoms with Crippen LogP contribution >= 0.6 is 0 Å². The Morgan fingerprint density at radius 2 is 1.77 bits per heavy atom. The van der Waals surface area contributed by atoms with Gasteiger partial charge in [-0.25, -0.2) is 0 Å². The van der Waals surface area contributed by atoms with Crippen LogP contribution in [0.5, 0.6) is 0 Å². The van der Waals surface area contributed by atoms with Gasteiger partial charge in [-0.05, 0) is 0 Å². The second kappa shape index (κ2) is 5.51. The van der Waals surface area contributed by atoms with E-state index in [-0.39, 0.29) is 6.54 Å². The Balaban J connectivity index is 4.01. The van der Waals surface area contributed by atoms with Gasteiger partial charge in [0.25, 0.3) is 10.2 Å². The Morgan fingerprint density at radius 1 is 1.31 bits per heavy atom. The molecule has 0 aliphatic carbocycles. The third-order valence-corrected chi connectivity index (χ3v) is 2.93. The zero-order valence-corrected chi connectivity index (χ0v) is 9.09. The van der Waals surface area contributed by atoms with Crippen molar-refractivity contribution in [3.63, 3.8) is 0 Å². The molecule has 0 atom stereocenters. The van der Waals surface area contributed by atoms with Crippen LogP contribution < -0.4 is 4.72 Å². The minimum atomic E-state index is -3.39. The molecule has 0 spiro atoms. The first-order valence-electron chi connectivity index (χ1n) is 3.66. The number of nitrogens with zero attached hydrogens (tertiary/aromatic N) is 1. The molecule has 1 N–H and O–H groups in total. The fourth-order valence-corrected chi connectivity index (χ4v) is 1.17. The molecule has 0 heterocycles. The van der Waals surface area contributed by atoms with Crippen molar-refractivity contribution in [3.05, 3.63) is 0 Å². The number of methoxy groups -OCH3 is 2. The number of nitrogens with one attached hydrogen (secondary N) is 1. The standard InChI is InChI=1S/C6H16N2O4S/c1-8(2)13(9,10)7-5-6(11-3)12-4/h6-7H,5H2,1-4H3. The quantitative estimate of drug-likeness (QED) is 0.573. The second-order valence-corrected chi connectivity index (χ2v) is 4.51. The fraction of sp³-hybridized carbons (Fsp3) is 1.00. The van der Waals surface area contributed by atoms with E-state index in [0.717, 1.165) is 4.31 Å². The van der Waals surface area contributed by atoms with Crippen molar-refractivity contribution < 1.29 is 17.9 Å². The summed E-state index contributed by atoms with van der Waals surface area (Å²) in [7, 11) is 2.38. The largest absolute Gasteiger partial charge is 0.355 e. The van der Waals surface area contributed by atoms with Gasteiger partial charge in [-0.1, -0.05) is 0 Å². The highest BCUT2D eigenvalue weighted by molar-refractivity contribution is 7.87. The Morgan fingerprint density at radius 3 is 2.08 bits per heavy atom. The number of ether oxygens (including phenoxy) is 2. The molecular weight excluding hydrogens is 196 g/mol. The van der Waals surface area contributed by atoms with Gasteiger partial charge in [-0.3, -0.25) is 0 Å². The van der Waals surface area contributed by atoms with Crippen molar-refractivity contribution in [3.8, 4) is 0 Å². The molecule has 0 aliphatic rings. The first-order valence-corrected chi connectivity index (χ1v) is 5.10. The summed E-state index contributed by atoms with van der Waals surface area (Å²) in [5, 5.41) is 0. The van der Waals surface area contributed by atoms with E-state index in [1.165, 1.54) is 28.3 Å². The predicted molar refractivity (Wildman–Crippen MR) is 48.4 cm³/mol. The topological polar surface area (TPSA) is 67.9 Å². The normalized spacial score (nSPS) is 12.8. The average Bonchev–Trinajstić information content (AvgIpc) is 2.06. The smallest absolute Gasteiger partial charge is 0.279 e. The van der Waals surface area contributed by atoms with E-state index in [1.807, 2.05) is 0 Å². The summed E-state index contributed by atoms with van der Waals surface area (Å²) < 4.78 is 35.3. The van der Waals surface area contributed by atoms with E-state index in [4.69, 9.17) is 9.47 Å². The van der Waals surface area contributed by atoms with Crippen molar-refractivity contribution in [2.45, 2.75) is 6.29 Å². The van der Waals surface area contributed by atoms with Crippen molar-refractivity contribution in [1.29, 1.82) is 0 Å². The molecule has 6 nitrogen and oxygen atoms in total. The van der Waals surface area contributed by atoms with Crippen LogP contribution in [0.25, 0.3) is 0 Å². The van der Waals surface area contributed by atoms with Gasteiger partial charge in [0.15, 0.2) is 6.29 Å². The highest BCUT2D eigenvalue weighted by Gasteiger charge is 2.15. The number of hydrogen-bond donors (Lipinski definition) is 1. The first kappa shape index (κ1) is 12.8. The predicted octanol–water partition coefficient (Wildman–Crippen LogP) is -0.999. The second-order valence-electron chi connectivity index (χ2n) is 2.54. The zero-order chi connectivity index (χ0) is 10.5. The van der Waals surface area contributed by atoms with Crippen LogP contribution in [0.1, 0.15) is 0 Å². The van der Waals surface area contributed by atoms with Crippen LogP contribution in [0.2, 0.25) is 0 Å². The SMILES string of the molecule is COC(CNS(=O)(=O)N(C)C)OC. The summed E-state index contributed by atoms with van der Waals surface area (Å²) in [5.41, 5.74) is 0. The summed E-state index contributed by atoms with van der Waals surface area (Å²) in [4.78, 5) is 0. The van der Waals surface area contributed by atoms with Gasteiger partial charge in [-0.15, -0.1) is 0 Å². The maximum atomic E-state index is 11.2.